The van der Waals surface area contributed by atoms with Crippen molar-refractivity contribution in [3.05, 3.63) is 16.7 Å². The third kappa shape index (κ3) is 3.76. The van der Waals surface area contributed by atoms with Gasteiger partial charge in [-0.05, 0) is 6.54 Å². The number of nitrogens with zero attached hydrogens (tertiary/aromatic N) is 5. The number of aryl methyl sites for hydroxylation is 1. The number of likely N-dealkylation sites (N-methyl/N-ethyl adjacent to an activating group) is 1. The van der Waals surface area contributed by atoms with Gasteiger partial charge in [0.25, 0.3) is 5.56 Å². The number of piperazine rings is 1. The molecule has 8 nitrogen and oxygen atoms in total. The van der Waals surface area contributed by atoms with Crippen LogP contribution >= 0.6 is 11.3 Å². The Morgan fingerprint density at radius 1 is 1.25 bits per heavy atom. The normalized spacial score (nSPS) is 16.8. The molecular formula is C14H21N5O3S2. The number of hydrogen-bond donors (Lipinski definition) is 0. The molecule has 0 unspecified atom stereocenters. The van der Waals surface area contributed by atoms with E-state index in [1.165, 1.54) is 22.2 Å². The summed E-state index contributed by atoms with van der Waals surface area (Å²) < 4.78 is 24.4. The number of sulfone groups is 1. The van der Waals surface area contributed by atoms with Crippen LogP contribution in [0.25, 0.3) is 10.3 Å². The summed E-state index contributed by atoms with van der Waals surface area (Å²) >= 11 is 1.34. The van der Waals surface area contributed by atoms with Crippen LogP contribution in [0.4, 0.5) is 5.13 Å². The van der Waals surface area contributed by atoms with Crippen molar-refractivity contribution in [3.63, 3.8) is 0 Å². The number of hydrogen-bond acceptors (Lipinski definition) is 8. The summed E-state index contributed by atoms with van der Waals surface area (Å²) in [7, 11) is -3.12. The van der Waals surface area contributed by atoms with Gasteiger partial charge in [0.2, 0.25) is 0 Å². The molecule has 0 bridgehead atoms. The SMILES string of the molecule is CCN1CCN(c2nc3ncn(CCS(C)(=O)=O)c(=O)c3s2)CC1. The Morgan fingerprint density at radius 2 is 1.96 bits per heavy atom. The summed E-state index contributed by atoms with van der Waals surface area (Å²) in [5.74, 6) is -0.0786. The Kier molecular flexibility index (Phi) is 4.88. The largest absolute Gasteiger partial charge is 0.345 e. The summed E-state index contributed by atoms with van der Waals surface area (Å²) in [4.78, 5) is 25.8. The molecule has 10 heteroatoms. The van der Waals surface area contributed by atoms with E-state index in [0.29, 0.717) is 10.3 Å². The van der Waals surface area contributed by atoms with Crippen LogP contribution in [-0.2, 0) is 16.4 Å². The van der Waals surface area contributed by atoms with Crippen LogP contribution in [0.3, 0.4) is 0 Å². The fraction of sp³-hybridized carbons (Fsp3) is 0.643. The van der Waals surface area contributed by atoms with Crippen LogP contribution < -0.4 is 10.5 Å². The third-order valence-electron chi connectivity index (χ3n) is 4.17. The highest BCUT2D eigenvalue weighted by Crippen LogP contribution is 2.26. The van der Waals surface area contributed by atoms with Crippen molar-refractivity contribution >= 4 is 36.7 Å². The molecule has 0 amide bonds. The quantitative estimate of drug-likeness (QED) is 0.733. The molecule has 0 aromatic carbocycles. The topological polar surface area (TPSA) is 88.4 Å². The molecule has 0 spiro atoms. The van der Waals surface area contributed by atoms with Crippen LogP contribution in [0.15, 0.2) is 11.1 Å². The van der Waals surface area contributed by atoms with Gasteiger partial charge in [-0.1, -0.05) is 18.3 Å². The highest BCUT2D eigenvalue weighted by atomic mass is 32.2. The van der Waals surface area contributed by atoms with Crippen LogP contribution in [0.2, 0.25) is 0 Å². The summed E-state index contributed by atoms with van der Waals surface area (Å²) in [6, 6.07) is 0. The van der Waals surface area contributed by atoms with Gasteiger partial charge in [0, 0.05) is 39.0 Å². The Hall–Kier alpha value is -1.52. The fourth-order valence-electron chi connectivity index (χ4n) is 2.65. The number of fused-ring (bicyclic) bond motifs is 1. The van der Waals surface area contributed by atoms with E-state index in [9.17, 15) is 13.2 Å². The van der Waals surface area contributed by atoms with Gasteiger partial charge >= 0.3 is 0 Å². The van der Waals surface area contributed by atoms with Crippen molar-refractivity contribution in [2.24, 2.45) is 0 Å². The molecule has 2 aromatic rings. The van der Waals surface area contributed by atoms with Crippen LogP contribution in [0.1, 0.15) is 6.92 Å². The Morgan fingerprint density at radius 3 is 2.58 bits per heavy atom. The highest BCUT2D eigenvalue weighted by molar-refractivity contribution is 7.90. The summed E-state index contributed by atoms with van der Waals surface area (Å²) in [5.41, 5.74) is 0.216. The van der Waals surface area contributed by atoms with E-state index < -0.39 is 9.84 Å². The maximum absolute atomic E-state index is 12.5. The monoisotopic (exact) mass is 371 g/mol. The summed E-state index contributed by atoms with van der Waals surface area (Å²) in [5, 5.41) is 0.811. The predicted molar refractivity (Wildman–Crippen MR) is 95.7 cm³/mol. The lowest BCUT2D eigenvalue weighted by molar-refractivity contribution is 0.271. The van der Waals surface area contributed by atoms with Crippen molar-refractivity contribution < 1.29 is 8.42 Å². The molecule has 1 aliphatic heterocycles. The molecule has 0 saturated carbocycles. The first-order valence-corrected chi connectivity index (χ1v) is 10.8. The van der Waals surface area contributed by atoms with Crippen molar-refractivity contribution in [2.45, 2.75) is 13.5 Å². The lowest BCUT2D eigenvalue weighted by Gasteiger charge is -2.33. The smallest absolute Gasteiger partial charge is 0.273 e. The number of anilines is 1. The Labute approximate surface area is 144 Å². The summed E-state index contributed by atoms with van der Waals surface area (Å²) in [6.07, 6.45) is 2.54. The first-order valence-electron chi connectivity index (χ1n) is 7.88. The van der Waals surface area contributed by atoms with Crippen molar-refractivity contribution in [1.82, 2.24) is 19.4 Å². The molecule has 1 saturated heterocycles. The molecule has 3 heterocycles. The molecule has 0 aliphatic carbocycles. The second kappa shape index (κ2) is 6.77. The van der Waals surface area contributed by atoms with Gasteiger partial charge in [0.15, 0.2) is 10.8 Å². The second-order valence-corrected chi connectivity index (χ2v) is 9.18. The van der Waals surface area contributed by atoms with Crippen molar-refractivity contribution in [2.75, 3.05) is 49.6 Å². The van der Waals surface area contributed by atoms with Gasteiger partial charge < -0.3 is 9.80 Å². The lowest BCUT2D eigenvalue weighted by atomic mass is 10.3. The average molecular weight is 371 g/mol. The van der Waals surface area contributed by atoms with Gasteiger partial charge in [-0.15, -0.1) is 0 Å². The molecule has 0 atom stereocenters. The van der Waals surface area contributed by atoms with E-state index in [1.807, 2.05) is 0 Å². The number of aromatic nitrogens is 3. The third-order valence-corrected chi connectivity index (χ3v) is 6.18. The molecule has 132 valence electrons. The van der Waals surface area contributed by atoms with Gasteiger partial charge in [-0.3, -0.25) is 9.36 Å². The molecule has 3 rings (SSSR count). The van der Waals surface area contributed by atoms with E-state index in [-0.39, 0.29) is 17.9 Å². The molecular weight excluding hydrogens is 350 g/mol. The van der Waals surface area contributed by atoms with E-state index in [1.54, 1.807) is 0 Å². The van der Waals surface area contributed by atoms with Gasteiger partial charge in [0.1, 0.15) is 20.9 Å². The van der Waals surface area contributed by atoms with E-state index in [0.717, 1.165) is 44.1 Å². The lowest BCUT2D eigenvalue weighted by Crippen LogP contribution is -2.46. The minimum absolute atomic E-state index is 0.0786. The molecule has 1 fully saturated rings. The van der Waals surface area contributed by atoms with Crippen LogP contribution in [0, 0.1) is 0 Å². The van der Waals surface area contributed by atoms with Crippen molar-refractivity contribution in [3.8, 4) is 0 Å². The van der Waals surface area contributed by atoms with Crippen molar-refractivity contribution in [1.29, 1.82) is 0 Å². The zero-order chi connectivity index (χ0) is 17.3. The average Bonchev–Trinajstić information content (AvgIpc) is 2.98. The van der Waals surface area contributed by atoms with Crippen LogP contribution in [-0.4, -0.2) is 72.6 Å². The first-order chi connectivity index (χ1) is 11.4. The molecule has 24 heavy (non-hydrogen) atoms. The molecule has 0 radical (unpaired) electrons. The minimum Gasteiger partial charge on any atom is -0.345 e. The number of rotatable bonds is 5. The van der Waals surface area contributed by atoms with E-state index in [4.69, 9.17) is 0 Å². The minimum atomic E-state index is -3.12. The number of thiazole rings is 1. The van der Waals surface area contributed by atoms with Gasteiger partial charge in [-0.2, -0.15) is 4.98 Å². The van der Waals surface area contributed by atoms with Crippen LogP contribution in [0.5, 0.6) is 0 Å². The summed E-state index contributed by atoms with van der Waals surface area (Å²) in [6.45, 7) is 7.04. The van der Waals surface area contributed by atoms with E-state index in [2.05, 4.69) is 26.7 Å². The second-order valence-electron chi connectivity index (χ2n) is 5.94. The highest BCUT2D eigenvalue weighted by Gasteiger charge is 2.20. The predicted octanol–water partition coefficient (Wildman–Crippen LogP) is 0.0395. The molecule has 1 aliphatic rings. The van der Waals surface area contributed by atoms with E-state index >= 15 is 0 Å². The zero-order valence-electron chi connectivity index (χ0n) is 13.8. The Balaban J connectivity index is 1.83. The first kappa shape index (κ1) is 17.3. The molecule has 2 aromatic heterocycles. The fourth-order valence-corrected chi connectivity index (χ4v) is 4.20. The van der Waals surface area contributed by atoms with Gasteiger partial charge in [0.05, 0.1) is 5.75 Å². The maximum Gasteiger partial charge on any atom is 0.273 e. The zero-order valence-corrected chi connectivity index (χ0v) is 15.4. The maximum atomic E-state index is 12.5. The van der Waals surface area contributed by atoms with Gasteiger partial charge in [-0.25, -0.2) is 13.4 Å². The standard InChI is InChI=1S/C14H21N5O3S2/c1-3-17-4-6-18(7-5-17)14-16-12-11(23-14)13(20)19(10-15-12)8-9-24(2,21)22/h10H,3-9H2,1-2H3. The molecule has 0 N–H and O–H groups in total. The Bertz CT molecular complexity index is 881.